The molecule has 0 aliphatic heterocycles. The normalized spacial score (nSPS) is 11.9. The predicted molar refractivity (Wildman–Crippen MR) is 77.4 cm³/mol. The average Bonchev–Trinajstić information content (AvgIpc) is 2.93. The minimum Gasteiger partial charge on any atom is -0.480 e. The fourth-order valence-corrected chi connectivity index (χ4v) is 2.09. The zero-order valence-electron chi connectivity index (χ0n) is 11.3. The molecule has 0 fully saturated rings. The Kier molecular flexibility index (Phi) is 4.59. The molecule has 0 spiro atoms. The monoisotopic (exact) mass is 307 g/mol. The minimum absolute atomic E-state index is 0.116. The quantitative estimate of drug-likeness (QED) is 0.785. The van der Waals surface area contributed by atoms with Crippen molar-refractivity contribution in [2.75, 3.05) is 0 Å². The van der Waals surface area contributed by atoms with Crippen molar-refractivity contribution in [2.24, 2.45) is 0 Å². The molecule has 0 unspecified atom stereocenters. The number of imidazole rings is 1. The van der Waals surface area contributed by atoms with Crippen molar-refractivity contribution in [3.63, 3.8) is 0 Å². The van der Waals surface area contributed by atoms with E-state index in [1.165, 1.54) is 12.5 Å². The second-order valence-electron chi connectivity index (χ2n) is 4.58. The summed E-state index contributed by atoms with van der Waals surface area (Å²) in [5, 5.41) is 12.0. The lowest BCUT2D eigenvalue weighted by Gasteiger charge is -2.14. The van der Waals surface area contributed by atoms with E-state index in [1.807, 2.05) is 0 Å². The highest BCUT2D eigenvalue weighted by molar-refractivity contribution is 6.34. The Balaban J connectivity index is 2.15. The van der Waals surface area contributed by atoms with E-state index in [0.29, 0.717) is 10.7 Å². The number of carboxylic acids is 1. The van der Waals surface area contributed by atoms with Crippen molar-refractivity contribution >= 4 is 23.5 Å². The first-order valence-electron chi connectivity index (χ1n) is 6.25. The number of H-pyrrole nitrogens is 1. The zero-order chi connectivity index (χ0) is 15.4. The molecular weight excluding hydrogens is 294 g/mol. The van der Waals surface area contributed by atoms with E-state index in [4.69, 9.17) is 11.6 Å². The van der Waals surface area contributed by atoms with Gasteiger partial charge in [0.2, 0.25) is 0 Å². The van der Waals surface area contributed by atoms with E-state index in [0.717, 1.165) is 5.56 Å². The first kappa shape index (κ1) is 15.1. The molecule has 1 heterocycles. The summed E-state index contributed by atoms with van der Waals surface area (Å²) in [5.41, 5.74) is 1.63. The van der Waals surface area contributed by atoms with Crippen LogP contribution in [0.1, 0.15) is 21.6 Å². The van der Waals surface area contributed by atoms with Gasteiger partial charge in [-0.3, -0.25) is 4.79 Å². The van der Waals surface area contributed by atoms with E-state index >= 15 is 0 Å². The fourth-order valence-electron chi connectivity index (χ4n) is 1.88. The van der Waals surface area contributed by atoms with E-state index in [-0.39, 0.29) is 12.0 Å². The SMILES string of the molecule is Cc1cccc(C(=O)N[C@H](Cc2cnc[nH]2)C(=O)O)c1Cl. The number of amides is 1. The molecule has 2 aromatic rings. The van der Waals surface area contributed by atoms with Crippen LogP contribution >= 0.6 is 11.6 Å². The standard InChI is InChI=1S/C14H14ClN3O3/c1-8-3-2-4-10(12(8)15)13(19)18-11(14(20)21)5-9-6-16-7-17-9/h2-4,6-7,11H,5H2,1H3,(H,16,17)(H,18,19)(H,20,21)/t11-/m1/s1. The van der Waals surface area contributed by atoms with Gasteiger partial charge in [-0.05, 0) is 18.6 Å². The number of aliphatic carboxylic acids is 1. The third-order valence-corrected chi connectivity index (χ3v) is 3.52. The number of hydrogen-bond acceptors (Lipinski definition) is 3. The van der Waals surface area contributed by atoms with Crippen molar-refractivity contribution in [1.29, 1.82) is 0 Å². The third-order valence-electron chi connectivity index (χ3n) is 3.02. The molecule has 0 saturated carbocycles. The molecule has 7 heteroatoms. The van der Waals surface area contributed by atoms with Crippen molar-refractivity contribution < 1.29 is 14.7 Å². The van der Waals surface area contributed by atoms with Gasteiger partial charge in [0, 0.05) is 18.3 Å². The Morgan fingerprint density at radius 3 is 2.86 bits per heavy atom. The van der Waals surface area contributed by atoms with Crippen LogP contribution < -0.4 is 5.32 Å². The number of aryl methyl sites for hydroxylation is 1. The molecular formula is C14H14ClN3O3. The molecule has 6 nitrogen and oxygen atoms in total. The van der Waals surface area contributed by atoms with Gasteiger partial charge in [-0.25, -0.2) is 9.78 Å². The maximum absolute atomic E-state index is 12.2. The van der Waals surface area contributed by atoms with Gasteiger partial charge in [0.25, 0.3) is 5.91 Å². The molecule has 21 heavy (non-hydrogen) atoms. The van der Waals surface area contributed by atoms with Crippen molar-refractivity contribution in [3.8, 4) is 0 Å². The van der Waals surface area contributed by atoms with E-state index in [9.17, 15) is 14.7 Å². The number of nitrogens with zero attached hydrogens (tertiary/aromatic N) is 1. The smallest absolute Gasteiger partial charge is 0.326 e. The number of rotatable bonds is 5. The number of hydrogen-bond donors (Lipinski definition) is 3. The van der Waals surface area contributed by atoms with Crippen LogP contribution in [0.5, 0.6) is 0 Å². The molecule has 2 rings (SSSR count). The molecule has 1 amide bonds. The second kappa shape index (κ2) is 6.41. The Hall–Kier alpha value is -2.34. The number of carbonyl (C=O) groups excluding carboxylic acids is 1. The Bertz CT molecular complexity index is 655. The first-order valence-corrected chi connectivity index (χ1v) is 6.63. The molecule has 110 valence electrons. The molecule has 0 aliphatic rings. The molecule has 0 aliphatic carbocycles. The average molecular weight is 308 g/mol. The number of nitrogens with one attached hydrogen (secondary N) is 2. The maximum Gasteiger partial charge on any atom is 0.326 e. The summed E-state index contributed by atoms with van der Waals surface area (Å²) in [6.07, 6.45) is 3.08. The molecule has 1 atom stereocenters. The van der Waals surface area contributed by atoms with Crippen LogP contribution in [0, 0.1) is 6.92 Å². The van der Waals surface area contributed by atoms with Gasteiger partial charge in [-0.1, -0.05) is 23.7 Å². The highest BCUT2D eigenvalue weighted by Gasteiger charge is 2.23. The van der Waals surface area contributed by atoms with Gasteiger partial charge in [-0.15, -0.1) is 0 Å². The molecule has 0 saturated heterocycles. The topological polar surface area (TPSA) is 95.1 Å². The van der Waals surface area contributed by atoms with Crippen LogP contribution in [0.25, 0.3) is 0 Å². The summed E-state index contributed by atoms with van der Waals surface area (Å²) >= 11 is 6.07. The molecule has 3 N–H and O–H groups in total. The summed E-state index contributed by atoms with van der Waals surface area (Å²) < 4.78 is 0. The molecule has 1 aromatic carbocycles. The highest BCUT2D eigenvalue weighted by Crippen LogP contribution is 2.20. The van der Waals surface area contributed by atoms with E-state index in [2.05, 4.69) is 15.3 Å². The predicted octanol–water partition coefficient (Wildman–Crippen LogP) is 1.80. The second-order valence-corrected chi connectivity index (χ2v) is 4.96. The van der Waals surface area contributed by atoms with Gasteiger partial charge >= 0.3 is 5.97 Å². The van der Waals surface area contributed by atoms with E-state index < -0.39 is 17.9 Å². The van der Waals surface area contributed by atoms with E-state index in [1.54, 1.807) is 25.1 Å². The number of carboxylic acid groups (broad SMARTS) is 1. The van der Waals surface area contributed by atoms with Gasteiger partial charge in [0.15, 0.2) is 0 Å². The van der Waals surface area contributed by atoms with Crippen LogP contribution in [-0.2, 0) is 11.2 Å². The van der Waals surface area contributed by atoms with Gasteiger partial charge in [0.1, 0.15) is 6.04 Å². The number of benzene rings is 1. The number of halogens is 1. The minimum atomic E-state index is -1.12. The van der Waals surface area contributed by atoms with Crippen LogP contribution in [0.4, 0.5) is 0 Å². The largest absolute Gasteiger partial charge is 0.480 e. The lowest BCUT2D eigenvalue weighted by atomic mass is 10.1. The summed E-state index contributed by atoms with van der Waals surface area (Å²) in [6, 6.07) is 3.97. The summed E-state index contributed by atoms with van der Waals surface area (Å²) in [6.45, 7) is 1.78. The zero-order valence-corrected chi connectivity index (χ0v) is 12.0. The summed E-state index contributed by atoms with van der Waals surface area (Å²) in [4.78, 5) is 30.1. The van der Waals surface area contributed by atoms with Gasteiger partial charge in [0.05, 0.1) is 16.9 Å². The Morgan fingerprint density at radius 2 is 2.24 bits per heavy atom. The lowest BCUT2D eigenvalue weighted by molar-refractivity contribution is -0.139. The Morgan fingerprint density at radius 1 is 1.48 bits per heavy atom. The molecule has 0 radical (unpaired) electrons. The molecule has 1 aromatic heterocycles. The van der Waals surface area contributed by atoms with Crippen molar-refractivity contribution in [1.82, 2.24) is 15.3 Å². The van der Waals surface area contributed by atoms with Crippen molar-refractivity contribution in [2.45, 2.75) is 19.4 Å². The lowest BCUT2D eigenvalue weighted by Crippen LogP contribution is -2.42. The third kappa shape index (κ3) is 3.61. The number of aromatic nitrogens is 2. The summed E-state index contributed by atoms with van der Waals surface area (Å²) in [5.74, 6) is -1.64. The first-order chi connectivity index (χ1) is 9.99. The van der Waals surface area contributed by atoms with Gasteiger partial charge in [-0.2, -0.15) is 0 Å². The van der Waals surface area contributed by atoms with Crippen molar-refractivity contribution in [3.05, 3.63) is 52.6 Å². The Labute approximate surface area is 126 Å². The highest BCUT2D eigenvalue weighted by atomic mass is 35.5. The van der Waals surface area contributed by atoms with Gasteiger partial charge < -0.3 is 15.4 Å². The fraction of sp³-hybridized carbons (Fsp3) is 0.214. The number of aromatic amines is 1. The van der Waals surface area contributed by atoms with Crippen LogP contribution in [-0.4, -0.2) is 33.0 Å². The summed E-state index contributed by atoms with van der Waals surface area (Å²) in [7, 11) is 0. The maximum atomic E-state index is 12.2. The van der Waals surface area contributed by atoms with Crippen LogP contribution in [0.15, 0.2) is 30.7 Å². The molecule has 0 bridgehead atoms. The number of carbonyl (C=O) groups is 2. The van der Waals surface area contributed by atoms with Crippen LogP contribution in [0.3, 0.4) is 0 Å². The van der Waals surface area contributed by atoms with Crippen LogP contribution in [0.2, 0.25) is 5.02 Å².